The molecule has 1 aliphatic rings. The molecule has 1 aromatic carbocycles. The number of hydrogen-bond donors (Lipinski definition) is 0. The van der Waals surface area contributed by atoms with Crippen LogP contribution in [0.5, 0.6) is 0 Å². The van der Waals surface area contributed by atoms with E-state index in [1.165, 1.54) is 4.31 Å². The Balaban J connectivity index is 2.19. The van der Waals surface area contributed by atoms with Crippen LogP contribution in [0.2, 0.25) is 0 Å². The van der Waals surface area contributed by atoms with Crippen LogP contribution in [-0.2, 0) is 14.8 Å². The molecular formula is C15H22N2O3S. The van der Waals surface area contributed by atoms with Gasteiger partial charge in [-0.05, 0) is 43.9 Å². The van der Waals surface area contributed by atoms with Gasteiger partial charge in [0.05, 0.1) is 11.9 Å². The van der Waals surface area contributed by atoms with Crippen molar-refractivity contribution in [1.29, 1.82) is 0 Å². The number of piperidine rings is 1. The number of hydrogen-bond acceptors (Lipinski definition) is 3. The van der Waals surface area contributed by atoms with E-state index in [1.807, 2.05) is 13.0 Å². The summed E-state index contributed by atoms with van der Waals surface area (Å²) in [6.45, 7) is 3.23. The average molecular weight is 310 g/mol. The number of sulfonamides is 1. The largest absolute Gasteiger partial charge is 0.341 e. The molecule has 6 heteroatoms. The van der Waals surface area contributed by atoms with Gasteiger partial charge in [-0.3, -0.25) is 9.10 Å². The molecule has 0 aliphatic carbocycles. The summed E-state index contributed by atoms with van der Waals surface area (Å²) in [6.07, 6.45) is 4.26. The molecule has 0 N–H and O–H groups in total. The van der Waals surface area contributed by atoms with Crippen LogP contribution in [-0.4, -0.2) is 45.1 Å². The Morgan fingerprint density at radius 2 is 1.90 bits per heavy atom. The molecule has 1 aliphatic heterocycles. The third kappa shape index (κ3) is 4.20. The fraction of sp³-hybridized carbons (Fsp3) is 0.533. The van der Waals surface area contributed by atoms with Crippen molar-refractivity contribution in [3.63, 3.8) is 0 Å². The molecule has 5 nitrogen and oxygen atoms in total. The minimum atomic E-state index is -3.48. The summed E-state index contributed by atoms with van der Waals surface area (Å²) in [5.74, 6) is -0.123. The normalized spacial score (nSPS) is 15.8. The number of carbonyl (C=O) groups is 1. The zero-order valence-electron chi connectivity index (χ0n) is 12.6. The third-order valence-corrected chi connectivity index (χ3v) is 4.82. The smallest absolute Gasteiger partial charge is 0.243 e. The lowest BCUT2D eigenvalue weighted by molar-refractivity contribution is -0.130. The van der Waals surface area contributed by atoms with E-state index in [4.69, 9.17) is 0 Å². The first-order valence-electron chi connectivity index (χ1n) is 7.20. The maximum absolute atomic E-state index is 12.3. The molecule has 1 amide bonds. The van der Waals surface area contributed by atoms with E-state index in [0.29, 0.717) is 5.69 Å². The number of carbonyl (C=O) groups excluding carboxylic acids is 1. The van der Waals surface area contributed by atoms with Gasteiger partial charge in [-0.1, -0.05) is 12.1 Å². The lowest BCUT2D eigenvalue weighted by Gasteiger charge is -2.30. The van der Waals surface area contributed by atoms with E-state index in [0.717, 1.165) is 44.2 Å². The van der Waals surface area contributed by atoms with E-state index in [2.05, 4.69) is 0 Å². The molecule has 1 aromatic rings. The van der Waals surface area contributed by atoms with Crippen molar-refractivity contribution < 1.29 is 13.2 Å². The summed E-state index contributed by atoms with van der Waals surface area (Å²) in [7, 11) is -3.48. The first-order valence-corrected chi connectivity index (χ1v) is 9.05. The Morgan fingerprint density at radius 3 is 2.48 bits per heavy atom. The first kappa shape index (κ1) is 15.8. The van der Waals surface area contributed by atoms with Crippen LogP contribution in [0, 0.1) is 6.92 Å². The van der Waals surface area contributed by atoms with Crippen LogP contribution < -0.4 is 4.31 Å². The number of amides is 1. The molecule has 0 atom stereocenters. The van der Waals surface area contributed by atoms with Crippen LogP contribution in [0.15, 0.2) is 24.3 Å². The maximum atomic E-state index is 12.3. The van der Waals surface area contributed by atoms with Gasteiger partial charge in [-0.15, -0.1) is 0 Å². The van der Waals surface area contributed by atoms with Gasteiger partial charge in [0.15, 0.2) is 0 Å². The lowest BCUT2D eigenvalue weighted by Crippen LogP contribution is -2.44. The number of rotatable bonds is 4. The highest BCUT2D eigenvalue weighted by atomic mass is 32.2. The molecule has 1 heterocycles. The Morgan fingerprint density at radius 1 is 1.24 bits per heavy atom. The standard InChI is InChI=1S/C15H22N2O3S/c1-13-7-6-8-14(11-13)17(21(2,19)20)12-15(18)16-9-4-3-5-10-16/h6-8,11H,3-5,9-10,12H2,1-2H3. The molecule has 116 valence electrons. The lowest BCUT2D eigenvalue weighted by atomic mass is 10.1. The predicted octanol–water partition coefficient (Wildman–Crippen LogP) is 1.77. The number of likely N-dealkylation sites (tertiary alicyclic amines) is 1. The number of aryl methyl sites for hydroxylation is 1. The minimum absolute atomic E-state index is 0.123. The van der Waals surface area contributed by atoms with Crippen LogP contribution in [0.4, 0.5) is 5.69 Å². The third-order valence-electron chi connectivity index (χ3n) is 3.68. The van der Waals surface area contributed by atoms with Gasteiger partial charge in [0.25, 0.3) is 0 Å². The first-order chi connectivity index (χ1) is 9.88. The van der Waals surface area contributed by atoms with Gasteiger partial charge in [-0.2, -0.15) is 0 Å². The van der Waals surface area contributed by atoms with Crippen LogP contribution in [0.25, 0.3) is 0 Å². The van der Waals surface area contributed by atoms with E-state index < -0.39 is 10.0 Å². The molecule has 2 rings (SSSR count). The fourth-order valence-corrected chi connectivity index (χ4v) is 3.39. The summed E-state index contributed by atoms with van der Waals surface area (Å²) in [5, 5.41) is 0. The molecule has 1 fully saturated rings. The number of anilines is 1. The SMILES string of the molecule is Cc1cccc(N(CC(=O)N2CCCCC2)S(C)(=O)=O)c1. The van der Waals surface area contributed by atoms with E-state index in [-0.39, 0.29) is 12.5 Å². The quantitative estimate of drug-likeness (QED) is 0.851. The summed E-state index contributed by atoms with van der Waals surface area (Å²) < 4.78 is 25.2. The van der Waals surface area contributed by atoms with Crippen molar-refractivity contribution >= 4 is 21.6 Å². The summed E-state index contributed by atoms with van der Waals surface area (Å²) in [5.41, 5.74) is 1.51. The minimum Gasteiger partial charge on any atom is -0.341 e. The maximum Gasteiger partial charge on any atom is 0.243 e. The zero-order chi connectivity index (χ0) is 15.5. The van der Waals surface area contributed by atoms with E-state index in [1.54, 1.807) is 23.1 Å². The summed E-state index contributed by atoms with van der Waals surface area (Å²) in [4.78, 5) is 14.1. The van der Waals surface area contributed by atoms with Gasteiger partial charge in [0.1, 0.15) is 6.54 Å². The molecule has 0 aromatic heterocycles. The highest BCUT2D eigenvalue weighted by Crippen LogP contribution is 2.19. The predicted molar refractivity (Wildman–Crippen MR) is 83.8 cm³/mol. The molecule has 0 bridgehead atoms. The molecule has 21 heavy (non-hydrogen) atoms. The van der Waals surface area contributed by atoms with Crippen molar-refractivity contribution in [3.8, 4) is 0 Å². The van der Waals surface area contributed by atoms with Gasteiger partial charge < -0.3 is 4.90 Å². The monoisotopic (exact) mass is 310 g/mol. The topological polar surface area (TPSA) is 57.7 Å². The highest BCUT2D eigenvalue weighted by molar-refractivity contribution is 7.92. The Hall–Kier alpha value is -1.56. The second-order valence-corrected chi connectivity index (χ2v) is 7.46. The second-order valence-electron chi connectivity index (χ2n) is 5.55. The van der Waals surface area contributed by atoms with Gasteiger partial charge in [0, 0.05) is 13.1 Å². The van der Waals surface area contributed by atoms with Crippen molar-refractivity contribution in [2.24, 2.45) is 0 Å². The molecule has 0 radical (unpaired) electrons. The second kappa shape index (κ2) is 6.47. The van der Waals surface area contributed by atoms with Gasteiger partial charge >= 0.3 is 0 Å². The van der Waals surface area contributed by atoms with Crippen LogP contribution in [0.3, 0.4) is 0 Å². The Bertz CT molecular complexity index is 607. The van der Waals surface area contributed by atoms with E-state index in [9.17, 15) is 13.2 Å². The van der Waals surface area contributed by atoms with E-state index >= 15 is 0 Å². The van der Waals surface area contributed by atoms with Crippen LogP contribution >= 0.6 is 0 Å². The van der Waals surface area contributed by atoms with Crippen molar-refractivity contribution in [2.75, 3.05) is 30.2 Å². The Kier molecular flexibility index (Phi) is 4.88. The van der Waals surface area contributed by atoms with Crippen LogP contribution in [0.1, 0.15) is 24.8 Å². The molecule has 0 saturated carbocycles. The number of nitrogens with zero attached hydrogens (tertiary/aromatic N) is 2. The summed E-state index contributed by atoms with van der Waals surface area (Å²) in [6, 6.07) is 7.20. The van der Waals surface area contributed by atoms with Gasteiger partial charge in [0.2, 0.25) is 15.9 Å². The highest BCUT2D eigenvalue weighted by Gasteiger charge is 2.24. The molecule has 0 unspecified atom stereocenters. The molecular weight excluding hydrogens is 288 g/mol. The van der Waals surface area contributed by atoms with Crippen molar-refractivity contribution in [3.05, 3.63) is 29.8 Å². The van der Waals surface area contributed by atoms with Crippen molar-refractivity contribution in [1.82, 2.24) is 4.90 Å². The molecule has 1 saturated heterocycles. The molecule has 0 spiro atoms. The van der Waals surface area contributed by atoms with Crippen molar-refractivity contribution in [2.45, 2.75) is 26.2 Å². The Labute approximate surface area is 126 Å². The fourth-order valence-electron chi connectivity index (χ4n) is 2.55. The zero-order valence-corrected chi connectivity index (χ0v) is 13.4. The summed E-state index contributed by atoms with van der Waals surface area (Å²) >= 11 is 0. The van der Waals surface area contributed by atoms with Gasteiger partial charge in [-0.25, -0.2) is 8.42 Å². The number of benzene rings is 1. The average Bonchev–Trinajstić information content (AvgIpc) is 2.44.